The van der Waals surface area contributed by atoms with Crippen LogP contribution in [-0.4, -0.2) is 51.4 Å². The van der Waals surface area contributed by atoms with Gasteiger partial charge in [0.15, 0.2) is 0 Å². The van der Waals surface area contributed by atoms with E-state index in [-0.39, 0.29) is 12.3 Å². The van der Waals surface area contributed by atoms with Crippen LogP contribution in [-0.2, 0) is 21.2 Å². The van der Waals surface area contributed by atoms with Gasteiger partial charge >= 0.3 is 0 Å². The number of nitrogens with zero attached hydrogens (tertiary/aromatic N) is 1. The van der Waals surface area contributed by atoms with Gasteiger partial charge in [-0.15, -0.1) is 0 Å². The van der Waals surface area contributed by atoms with Crippen molar-refractivity contribution in [3.8, 4) is 0 Å². The molecule has 0 bridgehead atoms. The molecule has 6 nitrogen and oxygen atoms in total. The van der Waals surface area contributed by atoms with E-state index in [0.717, 1.165) is 44.3 Å². The van der Waals surface area contributed by atoms with E-state index >= 15 is 0 Å². The highest BCUT2D eigenvalue weighted by Crippen LogP contribution is 2.20. The van der Waals surface area contributed by atoms with Gasteiger partial charge in [-0.3, -0.25) is 4.79 Å². The predicted molar refractivity (Wildman–Crippen MR) is 98.9 cm³/mol. The summed E-state index contributed by atoms with van der Waals surface area (Å²) in [6.07, 6.45) is 4.27. The van der Waals surface area contributed by atoms with Gasteiger partial charge in [0.1, 0.15) is 0 Å². The van der Waals surface area contributed by atoms with Crippen molar-refractivity contribution in [2.24, 2.45) is 0 Å². The molecule has 1 saturated heterocycles. The SMILES string of the molecule is CCCNCCNC(=O)Cc1ccc(S(=O)(=O)N2CCCCC2)cc1. The lowest BCUT2D eigenvalue weighted by atomic mass is 10.1. The van der Waals surface area contributed by atoms with Crippen molar-refractivity contribution >= 4 is 15.9 Å². The van der Waals surface area contributed by atoms with E-state index in [2.05, 4.69) is 17.6 Å². The number of piperidine rings is 1. The molecule has 0 aliphatic carbocycles. The Bertz CT molecular complexity index is 638. The van der Waals surface area contributed by atoms with Crippen molar-refractivity contribution < 1.29 is 13.2 Å². The lowest BCUT2D eigenvalue weighted by Gasteiger charge is -2.25. The van der Waals surface area contributed by atoms with Crippen LogP contribution >= 0.6 is 0 Å². The topological polar surface area (TPSA) is 78.5 Å². The van der Waals surface area contributed by atoms with E-state index in [0.29, 0.717) is 24.5 Å². The van der Waals surface area contributed by atoms with Gasteiger partial charge in [0.05, 0.1) is 11.3 Å². The summed E-state index contributed by atoms with van der Waals surface area (Å²) in [4.78, 5) is 12.2. The second kappa shape index (κ2) is 9.89. The molecule has 0 aromatic heterocycles. The fraction of sp³-hybridized carbons (Fsp3) is 0.611. The van der Waals surface area contributed by atoms with Gasteiger partial charge in [-0.1, -0.05) is 25.5 Å². The number of amides is 1. The van der Waals surface area contributed by atoms with E-state index in [1.54, 1.807) is 28.6 Å². The zero-order valence-corrected chi connectivity index (χ0v) is 15.8. The Balaban J connectivity index is 1.85. The maximum atomic E-state index is 12.6. The van der Waals surface area contributed by atoms with Crippen LogP contribution < -0.4 is 10.6 Å². The zero-order chi connectivity index (χ0) is 18.1. The lowest BCUT2D eigenvalue weighted by molar-refractivity contribution is -0.120. The third kappa shape index (κ3) is 6.09. The van der Waals surface area contributed by atoms with Crippen molar-refractivity contribution in [1.29, 1.82) is 0 Å². The molecular formula is C18H29N3O3S. The van der Waals surface area contributed by atoms with Crippen LogP contribution in [0, 0.1) is 0 Å². The Labute approximate surface area is 151 Å². The molecule has 0 unspecified atom stereocenters. The standard InChI is InChI=1S/C18H29N3O3S/c1-2-10-19-11-12-20-18(22)15-16-6-8-17(9-7-16)25(23,24)21-13-4-3-5-14-21/h6-9,19H,2-5,10-15H2,1H3,(H,20,22). The van der Waals surface area contributed by atoms with Crippen molar-refractivity contribution in [2.45, 2.75) is 43.9 Å². The molecule has 0 spiro atoms. The van der Waals surface area contributed by atoms with Crippen LogP contribution in [0.25, 0.3) is 0 Å². The number of hydrogen-bond acceptors (Lipinski definition) is 4. The van der Waals surface area contributed by atoms with Gasteiger partial charge in [0, 0.05) is 26.2 Å². The number of benzene rings is 1. The van der Waals surface area contributed by atoms with Gasteiger partial charge in [0.2, 0.25) is 15.9 Å². The number of carbonyl (C=O) groups is 1. The number of hydrogen-bond donors (Lipinski definition) is 2. The quantitative estimate of drug-likeness (QED) is 0.649. The smallest absolute Gasteiger partial charge is 0.243 e. The molecule has 1 aromatic carbocycles. The van der Waals surface area contributed by atoms with Gasteiger partial charge in [0.25, 0.3) is 0 Å². The van der Waals surface area contributed by atoms with Crippen molar-refractivity contribution in [3.05, 3.63) is 29.8 Å². The summed E-state index contributed by atoms with van der Waals surface area (Å²) < 4.78 is 26.7. The third-order valence-corrected chi connectivity index (χ3v) is 6.20. The zero-order valence-electron chi connectivity index (χ0n) is 15.0. The van der Waals surface area contributed by atoms with E-state index in [1.807, 2.05) is 0 Å². The summed E-state index contributed by atoms with van der Waals surface area (Å²) in [5.41, 5.74) is 0.816. The minimum Gasteiger partial charge on any atom is -0.355 e. The highest BCUT2D eigenvalue weighted by molar-refractivity contribution is 7.89. The molecule has 7 heteroatoms. The molecule has 2 rings (SSSR count). The number of nitrogens with one attached hydrogen (secondary N) is 2. The number of rotatable bonds is 9. The van der Waals surface area contributed by atoms with Crippen molar-refractivity contribution in [3.63, 3.8) is 0 Å². The fourth-order valence-electron chi connectivity index (χ4n) is 2.87. The number of sulfonamides is 1. The maximum Gasteiger partial charge on any atom is 0.243 e. The van der Waals surface area contributed by atoms with Gasteiger partial charge in [-0.25, -0.2) is 8.42 Å². The van der Waals surface area contributed by atoms with Crippen molar-refractivity contribution in [2.75, 3.05) is 32.7 Å². The number of carbonyl (C=O) groups excluding carboxylic acids is 1. The Hall–Kier alpha value is -1.44. The highest BCUT2D eigenvalue weighted by atomic mass is 32.2. The average Bonchev–Trinajstić information content (AvgIpc) is 2.63. The predicted octanol–water partition coefficient (Wildman–Crippen LogP) is 1.52. The second-order valence-corrected chi connectivity index (χ2v) is 8.32. The summed E-state index contributed by atoms with van der Waals surface area (Å²) >= 11 is 0. The Kier molecular flexibility index (Phi) is 7.87. The molecule has 25 heavy (non-hydrogen) atoms. The third-order valence-electron chi connectivity index (χ3n) is 4.29. The summed E-state index contributed by atoms with van der Waals surface area (Å²) in [7, 11) is -3.41. The van der Waals surface area contributed by atoms with E-state index in [1.165, 1.54) is 0 Å². The summed E-state index contributed by atoms with van der Waals surface area (Å²) in [6.45, 7) is 5.59. The molecule has 1 aromatic rings. The van der Waals surface area contributed by atoms with Crippen LogP contribution in [0.3, 0.4) is 0 Å². The molecular weight excluding hydrogens is 338 g/mol. The molecule has 0 saturated carbocycles. The van der Waals surface area contributed by atoms with E-state index in [9.17, 15) is 13.2 Å². The average molecular weight is 368 g/mol. The first kappa shape index (κ1) is 19.9. The first-order valence-corrected chi connectivity index (χ1v) is 10.5. The van der Waals surface area contributed by atoms with Crippen LogP contribution in [0.5, 0.6) is 0 Å². The second-order valence-electron chi connectivity index (χ2n) is 6.39. The molecule has 1 heterocycles. The molecule has 0 atom stereocenters. The highest BCUT2D eigenvalue weighted by Gasteiger charge is 2.25. The normalized spacial score (nSPS) is 15.9. The van der Waals surface area contributed by atoms with Crippen LogP contribution in [0.4, 0.5) is 0 Å². The van der Waals surface area contributed by atoms with Crippen molar-refractivity contribution in [1.82, 2.24) is 14.9 Å². The molecule has 1 aliphatic heterocycles. The first-order chi connectivity index (χ1) is 12.0. The minimum absolute atomic E-state index is 0.0510. The van der Waals surface area contributed by atoms with Gasteiger partial charge in [-0.2, -0.15) is 4.31 Å². The largest absolute Gasteiger partial charge is 0.355 e. The summed E-state index contributed by atoms with van der Waals surface area (Å²) in [5.74, 6) is -0.0510. The summed E-state index contributed by atoms with van der Waals surface area (Å²) in [5, 5.41) is 6.08. The van der Waals surface area contributed by atoms with Gasteiger partial charge in [-0.05, 0) is 43.5 Å². The first-order valence-electron chi connectivity index (χ1n) is 9.10. The molecule has 1 fully saturated rings. The molecule has 140 valence electrons. The maximum absolute atomic E-state index is 12.6. The molecule has 0 radical (unpaired) electrons. The van der Waals surface area contributed by atoms with Crippen LogP contribution in [0.1, 0.15) is 38.2 Å². The monoisotopic (exact) mass is 367 g/mol. The molecule has 2 N–H and O–H groups in total. The molecule has 1 amide bonds. The summed E-state index contributed by atoms with van der Waals surface area (Å²) in [6, 6.07) is 6.67. The van der Waals surface area contributed by atoms with E-state index in [4.69, 9.17) is 0 Å². The Morgan fingerprint density at radius 2 is 1.72 bits per heavy atom. The Morgan fingerprint density at radius 3 is 2.36 bits per heavy atom. The van der Waals surface area contributed by atoms with Gasteiger partial charge < -0.3 is 10.6 Å². The fourth-order valence-corrected chi connectivity index (χ4v) is 4.39. The Morgan fingerprint density at radius 1 is 1.04 bits per heavy atom. The lowest BCUT2D eigenvalue weighted by Crippen LogP contribution is -2.35. The minimum atomic E-state index is -3.41. The van der Waals surface area contributed by atoms with Crippen LogP contribution in [0.2, 0.25) is 0 Å². The molecule has 1 aliphatic rings. The van der Waals surface area contributed by atoms with Crippen LogP contribution in [0.15, 0.2) is 29.2 Å². The van der Waals surface area contributed by atoms with E-state index < -0.39 is 10.0 Å².